The van der Waals surface area contributed by atoms with Crippen molar-refractivity contribution in [3.63, 3.8) is 0 Å². The van der Waals surface area contributed by atoms with Crippen molar-refractivity contribution in [2.24, 2.45) is 0 Å². The first kappa shape index (κ1) is 26.3. The summed E-state index contributed by atoms with van der Waals surface area (Å²) in [4.78, 5) is 0. The topological polar surface area (TPSA) is 56.9 Å². The zero-order valence-corrected chi connectivity index (χ0v) is 25.6. The summed E-state index contributed by atoms with van der Waals surface area (Å²) in [5, 5.41) is 26.5. The predicted octanol–water partition coefficient (Wildman–Crippen LogP) is 11.0. The Kier molecular flexibility index (Phi) is 5.38. The average Bonchev–Trinajstić information content (AvgIpc) is 3.79. The zero-order valence-electron chi connectivity index (χ0n) is 25.6. The monoisotopic (exact) mass is 608 g/mol. The molecule has 0 unspecified atom stereocenters. The fourth-order valence-electron chi connectivity index (χ4n) is 7.89. The third-order valence-electron chi connectivity index (χ3n) is 9.85. The number of fused-ring (bicyclic) bond motifs is 10. The lowest BCUT2D eigenvalue weighted by Gasteiger charge is -2.10. The first-order valence-electron chi connectivity index (χ1n) is 16.0. The molecule has 0 aliphatic carbocycles. The van der Waals surface area contributed by atoms with Gasteiger partial charge in [-0.1, -0.05) is 97.1 Å². The molecule has 0 bridgehead atoms. The number of rotatable bonds is 3. The summed E-state index contributed by atoms with van der Waals surface area (Å²) in [6.45, 7) is 0. The second kappa shape index (κ2) is 9.81. The second-order valence-electron chi connectivity index (χ2n) is 12.4. The van der Waals surface area contributed by atoms with Gasteiger partial charge in [0, 0.05) is 43.6 Å². The van der Waals surface area contributed by atoms with E-state index in [2.05, 4.69) is 148 Å². The molecule has 4 heteroatoms. The van der Waals surface area contributed by atoms with E-state index in [1.807, 2.05) is 12.1 Å². The number of nitrogens with zero attached hydrogens (tertiary/aromatic N) is 4. The largest absolute Gasteiger partial charge is 0.309 e. The minimum atomic E-state index is 0.481. The molecular formula is C44H24N4. The molecule has 0 aliphatic rings. The van der Waals surface area contributed by atoms with Gasteiger partial charge in [-0.3, -0.25) is 0 Å². The number of aromatic nitrogens is 2. The standard InChI is InChI=1S/C44H24N4/c45-25-27-21-28(26-46)23-31(22-27)29-17-19-30(20-18-29)33-13-8-14-36-41-43-37(24-38-35-12-5-7-16-40(35)48(42(33)36)44(38)41)34-11-4-6-15-39(34)47(43)32-9-2-1-3-10-32/h1-24H. The highest BCUT2D eigenvalue weighted by Crippen LogP contribution is 2.48. The Bertz CT molecular complexity index is 2970. The lowest BCUT2D eigenvalue weighted by molar-refractivity contribution is 1.19. The highest BCUT2D eigenvalue weighted by Gasteiger charge is 2.25. The van der Waals surface area contributed by atoms with Gasteiger partial charge in [0.2, 0.25) is 0 Å². The van der Waals surface area contributed by atoms with E-state index in [4.69, 9.17) is 0 Å². The summed E-state index contributed by atoms with van der Waals surface area (Å²) >= 11 is 0. The minimum Gasteiger partial charge on any atom is -0.309 e. The van der Waals surface area contributed by atoms with Crippen LogP contribution in [-0.2, 0) is 0 Å². The van der Waals surface area contributed by atoms with Crippen LogP contribution in [0.25, 0.3) is 87.8 Å². The van der Waals surface area contributed by atoms with E-state index in [-0.39, 0.29) is 0 Å². The van der Waals surface area contributed by atoms with E-state index in [1.165, 1.54) is 59.9 Å². The molecule has 4 nitrogen and oxygen atoms in total. The van der Waals surface area contributed by atoms with Gasteiger partial charge in [0.05, 0.1) is 50.8 Å². The van der Waals surface area contributed by atoms with Crippen molar-refractivity contribution in [3.05, 3.63) is 157 Å². The Morgan fingerprint density at radius 3 is 1.75 bits per heavy atom. The van der Waals surface area contributed by atoms with Crippen LogP contribution in [0.5, 0.6) is 0 Å². The van der Waals surface area contributed by atoms with Gasteiger partial charge < -0.3 is 8.97 Å². The normalized spacial score (nSPS) is 11.7. The first-order valence-corrected chi connectivity index (χ1v) is 16.0. The Labute approximate surface area is 275 Å². The third kappa shape index (κ3) is 3.52. The van der Waals surface area contributed by atoms with Crippen molar-refractivity contribution in [2.45, 2.75) is 0 Å². The molecule has 0 atom stereocenters. The van der Waals surface area contributed by atoms with Crippen LogP contribution in [0.2, 0.25) is 0 Å². The molecule has 0 fully saturated rings. The molecule has 10 aromatic rings. The second-order valence-corrected chi connectivity index (χ2v) is 12.4. The smallest absolute Gasteiger partial charge is 0.0992 e. The molecule has 0 radical (unpaired) electrons. The molecule has 0 N–H and O–H groups in total. The predicted molar refractivity (Wildman–Crippen MR) is 196 cm³/mol. The maximum absolute atomic E-state index is 9.53. The summed E-state index contributed by atoms with van der Waals surface area (Å²) in [7, 11) is 0. The third-order valence-corrected chi connectivity index (χ3v) is 9.85. The number of hydrogen-bond acceptors (Lipinski definition) is 2. The first-order chi connectivity index (χ1) is 23.7. The van der Waals surface area contributed by atoms with Crippen LogP contribution in [0, 0.1) is 22.7 Å². The molecule has 3 heterocycles. The van der Waals surface area contributed by atoms with Gasteiger partial charge in [-0.05, 0) is 65.2 Å². The molecule has 0 amide bonds. The summed E-state index contributed by atoms with van der Waals surface area (Å²) < 4.78 is 4.91. The lowest BCUT2D eigenvalue weighted by Crippen LogP contribution is -1.93. The van der Waals surface area contributed by atoms with E-state index in [0.29, 0.717) is 11.1 Å². The van der Waals surface area contributed by atoms with E-state index < -0.39 is 0 Å². The number of hydrogen-bond donors (Lipinski definition) is 0. The van der Waals surface area contributed by atoms with E-state index in [9.17, 15) is 10.5 Å². The van der Waals surface area contributed by atoms with Crippen molar-refractivity contribution < 1.29 is 0 Å². The maximum Gasteiger partial charge on any atom is 0.0992 e. The van der Waals surface area contributed by atoms with Gasteiger partial charge >= 0.3 is 0 Å². The van der Waals surface area contributed by atoms with Crippen LogP contribution < -0.4 is 0 Å². The number of benzene rings is 7. The van der Waals surface area contributed by atoms with Crippen LogP contribution in [0.1, 0.15) is 11.1 Å². The van der Waals surface area contributed by atoms with Crippen LogP contribution in [0.3, 0.4) is 0 Å². The van der Waals surface area contributed by atoms with Crippen LogP contribution in [-0.4, -0.2) is 8.97 Å². The summed E-state index contributed by atoms with van der Waals surface area (Å²) in [5.74, 6) is 0. The van der Waals surface area contributed by atoms with Gasteiger partial charge in [0.15, 0.2) is 0 Å². The van der Waals surface area contributed by atoms with Gasteiger partial charge in [0.25, 0.3) is 0 Å². The van der Waals surface area contributed by atoms with Crippen molar-refractivity contribution in [1.82, 2.24) is 8.97 Å². The van der Waals surface area contributed by atoms with E-state index >= 15 is 0 Å². The maximum atomic E-state index is 9.53. The fourth-order valence-corrected chi connectivity index (χ4v) is 7.89. The number of nitriles is 2. The van der Waals surface area contributed by atoms with Gasteiger partial charge in [0.1, 0.15) is 0 Å². The van der Waals surface area contributed by atoms with E-state index in [1.54, 1.807) is 6.07 Å². The quantitative estimate of drug-likeness (QED) is 0.200. The zero-order chi connectivity index (χ0) is 31.9. The average molecular weight is 609 g/mol. The van der Waals surface area contributed by atoms with E-state index in [0.717, 1.165) is 27.9 Å². The summed E-state index contributed by atoms with van der Waals surface area (Å²) in [6, 6.07) is 55.4. The Morgan fingerprint density at radius 2 is 1.02 bits per heavy atom. The van der Waals surface area contributed by atoms with Gasteiger partial charge in [-0.15, -0.1) is 0 Å². The van der Waals surface area contributed by atoms with Crippen molar-refractivity contribution in [2.75, 3.05) is 0 Å². The molecule has 0 saturated heterocycles. The lowest BCUT2D eigenvalue weighted by atomic mass is 9.96. The fraction of sp³-hybridized carbons (Fsp3) is 0. The highest BCUT2D eigenvalue weighted by atomic mass is 15.0. The van der Waals surface area contributed by atoms with Gasteiger partial charge in [-0.25, -0.2) is 0 Å². The Balaban J connectivity index is 1.32. The summed E-state index contributed by atoms with van der Waals surface area (Å²) in [6.07, 6.45) is 0. The molecule has 220 valence electrons. The SMILES string of the molecule is N#Cc1cc(C#N)cc(-c2ccc(-c3cccc4c5c6c(cc7c8ccccc8n(c34)c75)c3ccccc3n6-c3ccccc3)cc2)c1. The number of para-hydroxylation sites is 4. The molecule has 3 aromatic heterocycles. The van der Waals surface area contributed by atoms with Crippen molar-refractivity contribution in [1.29, 1.82) is 10.5 Å². The molecule has 10 rings (SSSR count). The minimum absolute atomic E-state index is 0.481. The van der Waals surface area contributed by atoms with Crippen LogP contribution >= 0.6 is 0 Å². The molecule has 0 aliphatic heterocycles. The highest BCUT2D eigenvalue weighted by molar-refractivity contribution is 6.35. The molecule has 0 saturated carbocycles. The van der Waals surface area contributed by atoms with Crippen LogP contribution in [0.15, 0.2) is 146 Å². The molecule has 0 spiro atoms. The summed E-state index contributed by atoms with van der Waals surface area (Å²) in [5.41, 5.74) is 12.2. The van der Waals surface area contributed by atoms with Crippen molar-refractivity contribution in [3.8, 4) is 40.1 Å². The molecule has 7 aromatic carbocycles. The molecular weight excluding hydrogens is 585 g/mol. The Morgan fingerprint density at radius 1 is 0.417 bits per heavy atom. The van der Waals surface area contributed by atoms with Crippen LogP contribution in [0.4, 0.5) is 0 Å². The Hall–Kier alpha value is -6.88. The van der Waals surface area contributed by atoms with Gasteiger partial charge in [-0.2, -0.15) is 10.5 Å². The molecule has 48 heavy (non-hydrogen) atoms. The van der Waals surface area contributed by atoms with Crippen molar-refractivity contribution >= 4 is 59.9 Å².